The molecule has 0 radical (unpaired) electrons. The molecule has 25 heavy (non-hydrogen) atoms. The second-order valence-electron chi connectivity index (χ2n) is 6.05. The van der Waals surface area contributed by atoms with Gasteiger partial charge >= 0.3 is 0 Å². The van der Waals surface area contributed by atoms with E-state index in [-0.39, 0.29) is 4.90 Å². The molecule has 2 aromatic heterocycles. The average molecular weight is 351 g/mol. The summed E-state index contributed by atoms with van der Waals surface area (Å²) in [5.41, 5.74) is 3.41. The minimum atomic E-state index is -3.66. The van der Waals surface area contributed by atoms with Crippen molar-refractivity contribution >= 4 is 32.8 Å². The topological polar surface area (TPSA) is 64.3 Å². The van der Waals surface area contributed by atoms with E-state index in [2.05, 4.69) is 16.1 Å². The molecule has 0 fully saturated rings. The number of aliphatic imine (C=N–C) groups is 1. The van der Waals surface area contributed by atoms with Crippen molar-refractivity contribution in [2.24, 2.45) is 4.99 Å². The lowest BCUT2D eigenvalue weighted by atomic mass is 10.1. The maximum atomic E-state index is 12.9. The van der Waals surface area contributed by atoms with Gasteiger partial charge in [0.2, 0.25) is 0 Å². The van der Waals surface area contributed by atoms with E-state index in [1.807, 2.05) is 19.2 Å². The summed E-state index contributed by atoms with van der Waals surface area (Å²) in [5.74, 6) is 0. The lowest BCUT2D eigenvalue weighted by Crippen LogP contribution is -2.12. The first-order valence-electron chi connectivity index (χ1n) is 8.05. The first-order valence-corrected chi connectivity index (χ1v) is 9.49. The largest absolute Gasteiger partial charge is 0.292 e. The van der Waals surface area contributed by atoms with E-state index >= 15 is 0 Å². The highest BCUT2D eigenvalue weighted by molar-refractivity contribution is 7.90. The maximum Gasteiger partial charge on any atom is 0.269 e. The highest BCUT2D eigenvalue weighted by atomic mass is 32.2. The van der Waals surface area contributed by atoms with Crippen molar-refractivity contribution in [2.45, 2.75) is 18.2 Å². The van der Waals surface area contributed by atoms with E-state index in [0.29, 0.717) is 5.65 Å². The maximum absolute atomic E-state index is 12.9. The summed E-state index contributed by atoms with van der Waals surface area (Å²) < 4.78 is 27.0. The standard InChI is InChI=1S/C19H17N3O2S/c1-14-4-6-18(7-5-14)25(23,24)22-10-8-15-11-17(13-21-19(15)22)16-3-2-9-20-12-16/h3-8,10-13H,2,9H2,1H3. The number of benzene rings is 1. The SMILES string of the molecule is Cc1ccc(S(=O)(=O)n2ccc3cc(C4=CCCN=C4)cnc32)cc1. The molecule has 0 aliphatic carbocycles. The fourth-order valence-corrected chi connectivity index (χ4v) is 4.19. The van der Waals surface area contributed by atoms with Gasteiger partial charge in [-0.2, -0.15) is 0 Å². The van der Waals surface area contributed by atoms with Gasteiger partial charge in [-0.15, -0.1) is 0 Å². The molecule has 0 unspecified atom stereocenters. The van der Waals surface area contributed by atoms with Crippen LogP contribution < -0.4 is 0 Å². The van der Waals surface area contributed by atoms with Crippen LogP contribution in [0, 0.1) is 6.92 Å². The Morgan fingerprint density at radius 3 is 2.64 bits per heavy atom. The Bertz CT molecular complexity index is 1110. The van der Waals surface area contributed by atoms with Crippen molar-refractivity contribution in [2.75, 3.05) is 6.54 Å². The van der Waals surface area contributed by atoms with E-state index in [4.69, 9.17) is 0 Å². The number of pyridine rings is 1. The lowest BCUT2D eigenvalue weighted by molar-refractivity contribution is 0.588. The minimum absolute atomic E-state index is 0.253. The van der Waals surface area contributed by atoms with Crippen LogP contribution in [0.3, 0.4) is 0 Å². The summed E-state index contributed by atoms with van der Waals surface area (Å²) in [6, 6.07) is 10.5. The van der Waals surface area contributed by atoms with Crippen molar-refractivity contribution in [3.8, 4) is 0 Å². The Kier molecular flexibility index (Phi) is 3.77. The molecular weight excluding hydrogens is 334 g/mol. The van der Waals surface area contributed by atoms with E-state index in [1.54, 1.807) is 42.7 Å². The van der Waals surface area contributed by atoms with E-state index in [1.165, 1.54) is 3.97 Å². The van der Waals surface area contributed by atoms with Crippen LogP contribution in [0.1, 0.15) is 17.5 Å². The molecule has 0 atom stereocenters. The molecule has 3 heterocycles. The zero-order valence-corrected chi connectivity index (χ0v) is 14.6. The fourth-order valence-electron chi connectivity index (χ4n) is 2.88. The second kappa shape index (κ2) is 5.97. The third-order valence-electron chi connectivity index (χ3n) is 4.26. The van der Waals surface area contributed by atoms with Gasteiger partial charge in [0.25, 0.3) is 10.0 Å². The zero-order chi connectivity index (χ0) is 17.4. The predicted octanol–water partition coefficient (Wildman–Crippen LogP) is 3.44. The number of hydrogen-bond acceptors (Lipinski definition) is 4. The Labute approximate surface area is 146 Å². The second-order valence-corrected chi connectivity index (χ2v) is 7.86. The molecule has 1 aliphatic heterocycles. The first kappa shape index (κ1) is 15.8. The van der Waals surface area contributed by atoms with Crippen molar-refractivity contribution in [1.82, 2.24) is 8.96 Å². The molecular formula is C19H17N3O2S. The van der Waals surface area contributed by atoms with Gasteiger partial charge in [0, 0.05) is 36.1 Å². The summed E-state index contributed by atoms with van der Waals surface area (Å²) in [7, 11) is -3.66. The molecule has 1 aliphatic rings. The number of rotatable bonds is 3. The van der Waals surface area contributed by atoms with Crippen LogP contribution in [0.2, 0.25) is 0 Å². The van der Waals surface area contributed by atoms with Gasteiger partial charge in [-0.1, -0.05) is 23.8 Å². The minimum Gasteiger partial charge on any atom is -0.292 e. The number of hydrogen-bond donors (Lipinski definition) is 0. The van der Waals surface area contributed by atoms with Gasteiger partial charge < -0.3 is 0 Å². The number of allylic oxidation sites excluding steroid dienone is 1. The lowest BCUT2D eigenvalue weighted by Gasteiger charge is -2.09. The molecule has 3 aromatic rings. The number of aryl methyl sites for hydroxylation is 1. The molecule has 5 nitrogen and oxygen atoms in total. The quantitative estimate of drug-likeness (QED) is 0.726. The number of fused-ring (bicyclic) bond motifs is 1. The Balaban J connectivity index is 1.80. The molecule has 126 valence electrons. The highest BCUT2D eigenvalue weighted by Gasteiger charge is 2.19. The first-order chi connectivity index (χ1) is 12.1. The van der Waals surface area contributed by atoms with Crippen LogP contribution >= 0.6 is 0 Å². The smallest absolute Gasteiger partial charge is 0.269 e. The molecule has 1 aromatic carbocycles. The van der Waals surface area contributed by atoms with Crippen molar-refractivity contribution in [3.63, 3.8) is 0 Å². The zero-order valence-electron chi connectivity index (χ0n) is 13.8. The molecule has 0 saturated heterocycles. The summed E-state index contributed by atoms with van der Waals surface area (Å²) in [6.45, 7) is 2.73. The summed E-state index contributed by atoms with van der Waals surface area (Å²) in [4.78, 5) is 8.94. The van der Waals surface area contributed by atoms with Gasteiger partial charge in [0.1, 0.15) is 0 Å². The number of dihydropyridines is 1. The molecule has 0 bridgehead atoms. The highest BCUT2D eigenvalue weighted by Crippen LogP contribution is 2.24. The van der Waals surface area contributed by atoms with Crippen molar-refractivity contribution < 1.29 is 8.42 Å². The third kappa shape index (κ3) is 2.78. The predicted molar refractivity (Wildman–Crippen MR) is 99.4 cm³/mol. The molecule has 0 saturated carbocycles. The van der Waals surface area contributed by atoms with Gasteiger partial charge in [0.15, 0.2) is 5.65 Å². The Hall–Kier alpha value is -2.73. The third-order valence-corrected chi connectivity index (χ3v) is 5.94. The fraction of sp³-hybridized carbons (Fsp3) is 0.158. The van der Waals surface area contributed by atoms with Gasteiger partial charge in [-0.3, -0.25) is 4.99 Å². The van der Waals surface area contributed by atoms with Crippen LogP contribution in [0.4, 0.5) is 0 Å². The van der Waals surface area contributed by atoms with E-state index in [9.17, 15) is 8.42 Å². The summed E-state index contributed by atoms with van der Waals surface area (Å²) >= 11 is 0. The molecule has 0 N–H and O–H groups in total. The van der Waals surface area contributed by atoms with Crippen LogP contribution in [-0.2, 0) is 10.0 Å². The average Bonchev–Trinajstić information content (AvgIpc) is 3.07. The van der Waals surface area contributed by atoms with Gasteiger partial charge in [-0.25, -0.2) is 17.4 Å². The van der Waals surface area contributed by atoms with E-state index in [0.717, 1.165) is 35.1 Å². The normalized spacial score (nSPS) is 14.7. The number of aromatic nitrogens is 2. The van der Waals surface area contributed by atoms with Crippen LogP contribution in [0.15, 0.2) is 64.8 Å². The molecule has 0 spiro atoms. The van der Waals surface area contributed by atoms with Crippen molar-refractivity contribution in [3.05, 3.63) is 66.0 Å². The van der Waals surface area contributed by atoms with Crippen molar-refractivity contribution in [1.29, 1.82) is 0 Å². The van der Waals surface area contributed by atoms with Crippen LogP contribution in [0.25, 0.3) is 16.6 Å². The molecule has 4 rings (SSSR count). The van der Waals surface area contributed by atoms with E-state index < -0.39 is 10.0 Å². The Morgan fingerprint density at radius 1 is 1.12 bits per heavy atom. The summed E-state index contributed by atoms with van der Waals surface area (Å²) in [6.07, 6.45) is 8.13. The molecule has 6 heteroatoms. The molecule has 0 amide bonds. The number of nitrogens with zero attached hydrogens (tertiary/aromatic N) is 3. The van der Waals surface area contributed by atoms with Crippen LogP contribution in [0.5, 0.6) is 0 Å². The van der Waals surface area contributed by atoms with Gasteiger partial charge in [0.05, 0.1) is 4.90 Å². The monoisotopic (exact) mass is 351 g/mol. The van der Waals surface area contributed by atoms with Crippen LogP contribution in [-0.4, -0.2) is 30.1 Å². The van der Waals surface area contributed by atoms with Gasteiger partial charge in [-0.05, 0) is 43.2 Å². The summed E-state index contributed by atoms with van der Waals surface area (Å²) in [5, 5.41) is 0.785. The Morgan fingerprint density at radius 2 is 1.92 bits per heavy atom.